The van der Waals surface area contributed by atoms with E-state index >= 15 is 0 Å². The summed E-state index contributed by atoms with van der Waals surface area (Å²) < 4.78 is 0. The summed E-state index contributed by atoms with van der Waals surface area (Å²) in [6.07, 6.45) is 13.3. The minimum Gasteiger partial charge on any atom is -0.376 e. The normalized spacial score (nSPS) is 20.5. The van der Waals surface area contributed by atoms with Crippen LogP contribution in [0.5, 0.6) is 0 Å². The van der Waals surface area contributed by atoms with E-state index in [9.17, 15) is 9.59 Å². The van der Waals surface area contributed by atoms with Gasteiger partial charge in [-0.15, -0.1) is 0 Å². The molecular weight excluding hydrogens is 396 g/mol. The largest absolute Gasteiger partial charge is 0.376 e. The van der Waals surface area contributed by atoms with Gasteiger partial charge in [0.1, 0.15) is 10.7 Å². The Balaban J connectivity index is 1.69. The lowest BCUT2D eigenvalue weighted by Gasteiger charge is -2.22. The zero-order valence-corrected chi connectivity index (χ0v) is 19.1. The molecule has 1 aliphatic carbocycles. The Bertz CT molecular complexity index is 758. The highest BCUT2D eigenvalue weighted by Gasteiger charge is 2.39. The molecule has 1 N–H and O–H groups in total. The topological polar surface area (TPSA) is 49.4 Å². The van der Waals surface area contributed by atoms with Gasteiger partial charge in [-0.1, -0.05) is 95.4 Å². The van der Waals surface area contributed by atoms with Crippen molar-refractivity contribution < 1.29 is 9.59 Å². The number of hydrogen-bond acceptors (Lipinski definition) is 3. The first-order valence-corrected chi connectivity index (χ1v) is 12.0. The number of carbonyl (C=O) groups excluding carboxylic acids is 2. The number of nitrogens with zero attached hydrogens (tertiary/aromatic N) is 1. The van der Waals surface area contributed by atoms with E-state index in [1.807, 2.05) is 24.3 Å². The van der Waals surface area contributed by atoms with Crippen LogP contribution in [0.25, 0.3) is 0 Å². The fourth-order valence-corrected chi connectivity index (χ4v) is 4.60. The van der Waals surface area contributed by atoms with Gasteiger partial charge in [-0.3, -0.25) is 9.59 Å². The second-order valence-electron chi connectivity index (χ2n) is 8.98. The van der Waals surface area contributed by atoms with E-state index in [2.05, 4.69) is 19.2 Å². The van der Waals surface area contributed by atoms with Crippen molar-refractivity contribution in [3.05, 3.63) is 40.6 Å². The highest BCUT2D eigenvalue weighted by atomic mass is 35.5. The minimum atomic E-state index is -0.436. The van der Waals surface area contributed by atoms with Gasteiger partial charge in [-0.2, -0.15) is 0 Å². The molecule has 1 aliphatic heterocycles. The van der Waals surface area contributed by atoms with Crippen LogP contribution in [0.2, 0.25) is 0 Å². The molecule has 1 fully saturated rings. The molecule has 1 aromatic rings. The van der Waals surface area contributed by atoms with Crippen LogP contribution < -0.4 is 10.2 Å². The third-order valence-electron chi connectivity index (χ3n) is 6.30. The van der Waals surface area contributed by atoms with Crippen LogP contribution in [0.3, 0.4) is 0 Å². The number of hydrogen-bond donors (Lipinski definition) is 1. The summed E-state index contributed by atoms with van der Waals surface area (Å²) in [6.45, 7) is 4.23. The summed E-state index contributed by atoms with van der Waals surface area (Å²) in [4.78, 5) is 27.1. The number of imide groups is 1. The lowest BCUT2D eigenvalue weighted by molar-refractivity contribution is -0.120. The number of nitrogens with one attached hydrogen (secondary N) is 1. The summed E-state index contributed by atoms with van der Waals surface area (Å²) in [5, 5.41) is 3.38. The van der Waals surface area contributed by atoms with E-state index < -0.39 is 5.91 Å². The van der Waals surface area contributed by atoms with E-state index in [1.165, 1.54) is 55.4 Å². The Morgan fingerprint density at radius 2 is 1.33 bits per heavy atom. The predicted octanol–water partition coefficient (Wildman–Crippen LogP) is 6.40. The van der Waals surface area contributed by atoms with Gasteiger partial charge in [-0.05, 0) is 36.5 Å². The standard InChI is InChI=1S/C25H35ClN2O2/c1-18(2)19-14-16-21(17-15-19)28-24(29)22(26)23(25(28)30)27-20-12-10-8-6-4-3-5-7-9-11-13-20/h14-18,20,27H,3-13H2,1-2H3. The maximum atomic E-state index is 13.1. The molecule has 0 unspecified atom stereocenters. The molecule has 0 saturated heterocycles. The molecule has 0 radical (unpaired) electrons. The minimum absolute atomic E-state index is 0.0130. The zero-order valence-electron chi connectivity index (χ0n) is 18.4. The molecule has 30 heavy (non-hydrogen) atoms. The van der Waals surface area contributed by atoms with Gasteiger partial charge < -0.3 is 5.32 Å². The van der Waals surface area contributed by atoms with Gasteiger partial charge in [0, 0.05) is 6.04 Å². The lowest BCUT2D eigenvalue weighted by Crippen LogP contribution is -2.36. The summed E-state index contributed by atoms with van der Waals surface area (Å²) >= 11 is 6.35. The molecule has 1 heterocycles. The smallest absolute Gasteiger partial charge is 0.283 e. The van der Waals surface area contributed by atoms with Crippen LogP contribution in [0.15, 0.2) is 35.0 Å². The average Bonchev–Trinajstić information content (AvgIpc) is 2.93. The molecule has 3 rings (SSSR count). The average molecular weight is 431 g/mol. The van der Waals surface area contributed by atoms with Gasteiger partial charge in [-0.25, -0.2) is 4.90 Å². The van der Waals surface area contributed by atoms with Crippen LogP contribution in [-0.4, -0.2) is 17.9 Å². The lowest BCUT2D eigenvalue weighted by atomic mass is 9.98. The maximum Gasteiger partial charge on any atom is 0.283 e. The van der Waals surface area contributed by atoms with Gasteiger partial charge in [0.05, 0.1) is 5.69 Å². The van der Waals surface area contributed by atoms with Crippen molar-refractivity contribution in [2.45, 2.75) is 96.4 Å². The van der Waals surface area contributed by atoms with Crippen LogP contribution >= 0.6 is 11.6 Å². The van der Waals surface area contributed by atoms with Crippen LogP contribution in [0.1, 0.15) is 96.0 Å². The van der Waals surface area contributed by atoms with Gasteiger partial charge >= 0.3 is 0 Å². The highest BCUT2D eigenvalue weighted by molar-refractivity contribution is 6.52. The van der Waals surface area contributed by atoms with E-state index in [1.54, 1.807) is 0 Å². The fourth-order valence-electron chi connectivity index (χ4n) is 4.38. The number of benzene rings is 1. The maximum absolute atomic E-state index is 13.1. The molecule has 2 aliphatic rings. The monoisotopic (exact) mass is 430 g/mol. The Morgan fingerprint density at radius 3 is 1.83 bits per heavy atom. The summed E-state index contributed by atoms with van der Waals surface area (Å²) in [5.41, 5.74) is 2.01. The zero-order chi connectivity index (χ0) is 21.5. The molecule has 0 spiro atoms. The number of carbonyl (C=O) groups is 2. The Morgan fingerprint density at radius 1 is 0.833 bits per heavy atom. The van der Waals surface area contributed by atoms with Gasteiger partial charge in [0.25, 0.3) is 11.8 Å². The second kappa shape index (κ2) is 11.0. The number of halogens is 1. The molecule has 1 saturated carbocycles. The highest BCUT2D eigenvalue weighted by Crippen LogP contribution is 2.30. The van der Waals surface area contributed by atoms with Crippen molar-refractivity contribution in [1.82, 2.24) is 5.32 Å². The molecule has 2 amide bonds. The number of anilines is 1. The van der Waals surface area contributed by atoms with Crippen LogP contribution in [0.4, 0.5) is 5.69 Å². The number of rotatable bonds is 4. The van der Waals surface area contributed by atoms with Crippen molar-refractivity contribution in [3.8, 4) is 0 Å². The fraction of sp³-hybridized carbons (Fsp3) is 0.600. The van der Waals surface area contributed by atoms with E-state index in [-0.39, 0.29) is 22.7 Å². The second-order valence-corrected chi connectivity index (χ2v) is 9.36. The van der Waals surface area contributed by atoms with E-state index in [4.69, 9.17) is 11.6 Å². The molecule has 4 nitrogen and oxygen atoms in total. The van der Waals surface area contributed by atoms with Crippen LogP contribution in [-0.2, 0) is 9.59 Å². The summed E-state index contributed by atoms with van der Waals surface area (Å²) in [7, 11) is 0. The first-order valence-electron chi connectivity index (χ1n) is 11.6. The van der Waals surface area contributed by atoms with E-state index in [0.717, 1.165) is 25.7 Å². The first kappa shape index (κ1) is 22.9. The Kier molecular flexibility index (Phi) is 8.38. The van der Waals surface area contributed by atoms with Crippen molar-refractivity contribution in [1.29, 1.82) is 0 Å². The molecule has 5 heteroatoms. The molecule has 0 bridgehead atoms. The summed E-state index contributed by atoms with van der Waals surface area (Å²) in [5.74, 6) is -0.382. The van der Waals surface area contributed by atoms with Crippen molar-refractivity contribution in [3.63, 3.8) is 0 Å². The Labute approximate surface area is 186 Å². The predicted molar refractivity (Wildman–Crippen MR) is 124 cm³/mol. The Hall–Kier alpha value is -1.81. The van der Waals surface area contributed by atoms with Crippen LogP contribution in [0, 0.1) is 0 Å². The molecule has 164 valence electrons. The van der Waals surface area contributed by atoms with E-state index in [0.29, 0.717) is 11.6 Å². The molecule has 0 atom stereocenters. The quantitative estimate of drug-likeness (QED) is 0.562. The van der Waals surface area contributed by atoms with Gasteiger partial charge in [0.15, 0.2) is 0 Å². The van der Waals surface area contributed by atoms with Gasteiger partial charge in [0.2, 0.25) is 0 Å². The third kappa shape index (κ3) is 5.66. The summed E-state index contributed by atoms with van der Waals surface area (Å²) in [6, 6.07) is 7.77. The first-order chi connectivity index (χ1) is 14.5. The SMILES string of the molecule is CC(C)c1ccc(N2C(=O)C(Cl)=C(NC3CCCCCCCCCCC3)C2=O)cc1. The van der Waals surface area contributed by atoms with Crippen molar-refractivity contribution in [2.24, 2.45) is 0 Å². The van der Waals surface area contributed by atoms with Crippen molar-refractivity contribution >= 4 is 29.1 Å². The molecule has 0 aromatic heterocycles. The number of amides is 2. The molecular formula is C25H35ClN2O2. The molecule has 1 aromatic carbocycles. The third-order valence-corrected chi connectivity index (χ3v) is 6.65. The van der Waals surface area contributed by atoms with Crippen molar-refractivity contribution in [2.75, 3.05) is 4.90 Å².